The zero-order valence-corrected chi connectivity index (χ0v) is 23.3. The third kappa shape index (κ3) is 6.47. The number of nitrogens with zero attached hydrogens (tertiary/aromatic N) is 5. The number of nitrogens with one attached hydrogen (secondary N) is 1. The van der Waals surface area contributed by atoms with E-state index < -0.39 is 0 Å². The molecular formula is C28H37BN6O2S. The van der Waals surface area contributed by atoms with E-state index in [0.29, 0.717) is 12.4 Å². The molecule has 200 valence electrons. The number of methoxy groups -OCH3 is 1. The van der Waals surface area contributed by atoms with Crippen molar-refractivity contribution in [2.24, 2.45) is 0 Å². The van der Waals surface area contributed by atoms with Gasteiger partial charge in [0.05, 0.1) is 12.6 Å². The number of benzene rings is 2. The Bertz CT molecular complexity index is 1230. The molecule has 0 bridgehead atoms. The topological polar surface area (TPSA) is 66.0 Å². The van der Waals surface area contributed by atoms with Crippen LogP contribution in [0.3, 0.4) is 0 Å². The van der Waals surface area contributed by atoms with Crippen LogP contribution in [0.2, 0.25) is 0 Å². The fraction of sp³-hybridized carbons (Fsp3) is 0.464. The van der Waals surface area contributed by atoms with Crippen LogP contribution in [0.25, 0.3) is 10.9 Å². The summed E-state index contributed by atoms with van der Waals surface area (Å²) in [7, 11) is 3.79. The maximum Gasteiger partial charge on any atom is 0.169 e. The largest absolute Gasteiger partial charge is 0.493 e. The van der Waals surface area contributed by atoms with Crippen LogP contribution in [0.4, 0.5) is 5.82 Å². The van der Waals surface area contributed by atoms with E-state index in [1.807, 2.05) is 12.1 Å². The van der Waals surface area contributed by atoms with E-state index in [1.54, 1.807) is 13.4 Å². The van der Waals surface area contributed by atoms with E-state index in [0.717, 1.165) is 79.9 Å². The number of aromatic nitrogens is 2. The predicted octanol–water partition coefficient (Wildman–Crippen LogP) is 1.96. The second-order valence-electron chi connectivity index (χ2n) is 10.1. The first-order chi connectivity index (χ1) is 18.6. The van der Waals surface area contributed by atoms with E-state index in [9.17, 15) is 0 Å². The maximum absolute atomic E-state index is 6.16. The summed E-state index contributed by atoms with van der Waals surface area (Å²) in [5.41, 5.74) is 3.35. The van der Waals surface area contributed by atoms with Crippen molar-refractivity contribution >= 4 is 47.4 Å². The molecule has 38 heavy (non-hydrogen) atoms. The highest BCUT2D eigenvalue weighted by molar-refractivity contribution is 7.80. The molecule has 5 rings (SSSR count). The molecule has 0 unspecified atom stereocenters. The van der Waals surface area contributed by atoms with Gasteiger partial charge in [-0.2, -0.15) is 0 Å². The Labute approximate surface area is 231 Å². The SMILES string of the molecule is Bc1ccc(CNC(=S)N2CCN(c3ncnc4cc(OCCN5CCCCC5)c(OC)cc34)CC2)cc1. The Morgan fingerprint density at radius 2 is 1.74 bits per heavy atom. The Morgan fingerprint density at radius 1 is 0.974 bits per heavy atom. The summed E-state index contributed by atoms with van der Waals surface area (Å²) in [5, 5.41) is 5.18. The molecule has 0 spiro atoms. The van der Waals surface area contributed by atoms with Crippen LogP contribution in [0.5, 0.6) is 11.5 Å². The van der Waals surface area contributed by atoms with Crippen molar-refractivity contribution in [3.05, 3.63) is 48.3 Å². The van der Waals surface area contributed by atoms with E-state index >= 15 is 0 Å². The monoisotopic (exact) mass is 532 g/mol. The zero-order valence-electron chi connectivity index (χ0n) is 22.5. The summed E-state index contributed by atoms with van der Waals surface area (Å²) in [4.78, 5) is 16.2. The van der Waals surface area contributed by atoms with E-state index in [2.05, 4.69) is 62.1 Å². The zero-order chi connectivity index (χ0) is 26.3. The van der Waals surface area contributed by atoms with Crippen LogP contribution in [0.1, 0.15) is 24.8 Å². The minimum Gasteiger partial charge on any atom is -0.493 e. The van der Waals surface area contributed by atoms with Gasteiger partial charge in [-0.3, -0.25) is 4.90 Å². The van der Waals surface area contributed by atoms with Gasteiger partial charge in [-0.1, -0.05) is 36.1 Å². The van der Waals surface area contributed by atoms with E-state index in [4.69, 9.17) is 21.7 Å². The summed E-state index contributed by atoms with van der Waals surface area (Å²) < 4.78 is 11.9. The standard InChI is InChI=1S/C28H37BN6O2S/c1-36-25-17-23-24(18-26(25)37-16-15-33-9-3-2-4-10-33)31-20-32-27(23)34-11-13-35(14-12-34)28(38)30-19-21-5-7-22(29)8-6-21/h5-8,17-18,20H,2-4,9-16,19,29H2,1H3,(H,30,38). The molecule has 2 fully saturated rings. The van der Waals surface area contributed by atoms with Crippen LogP contribution in [0, 0.1) is 0 Å². The van der Waals surface area contributed by atoms with E-state index in [-0.39, 0.29) is 0 Å². The molecule has 0 radical (unpaired) electrons. The molecule has 2 aromatic carbocycles. The molecule has 1 N–H and O–H groups in total. The van der Waals surface area contributed by atoms with Gasteiger partial charge >= 0.3 is 0 Å². The average molecular weight is 533 g/mol. The van der Waals surface area contributed by atoms with Crippen LogP contribution in [-0.4, -0.2) is 92.3 Å². The third-order valence-electron chi connectivity index (χ3n) is 7.44. The highest BCUT2D eigenvalue weighted by Crippen LogP contribution is 2.35. The summed E-state index contributed by atoms with van der Waals surface area (Å²) in [6.07, 6.45) is 5.54. The molecule has 3 aromatic rings. The van der Waals surface area contributed by atoms with Crippen molar-refractivity contribution in [3.63, 3.8) is 0 Å². The highest BCUT2D eigenvalue weighted by atomic mass is 32.1. The van der Waals surface area contributed by atoms with Crippen LogP contribution >= 0.6 is 12.2 Å². The van der Waals surface area contributed by atoms with Gasteiger partial charge in [0.2, 0.25) is 0 Å². The van der Waals surface area contributed by atoms with Crippen molar-refractivity contribution in [2.45, 2.75) is 25.8 Å². The second kappa shape index (κ2) is 12.6. The van der Waals surface area contributed by atoms with Crippen molar-refractivity contribution < 1.29 is 9.47 Å². The highest BCUT2D eigenvalue weighted by Gasteiger charge is 2.22. The molecule has 10 heteroatoms. The number of likely N-dealkylation sites (tertiary alicyclic amines) is 1. The average Bonchev–Trinajstić information content (AvgIpc) is 2.96. The Kier molecular flexibility index (Phi) is 8.81. The third-order valence-corrected chi connectivity index (χ3v) is 7.85. The van der Waals surface area contributed by atoms with Gasteiger partial charge in [-0.15, -0.1) is 0 Å². The molecule has 2 saturated heterocycles. The number of fused-ring (bicyclic) bond motifs is 1. The van der Waals surface area contributed by atoms with Gasteiger partial charge < -0.3 is 24.6 Å². The number of thiocarbonyl (C=S) groups is 1. The maximum atomic E-state index is 6.16. The summed E-state index contributed by atoms with van der Waals surface area (Å²) >= 11 is 5.69. The first-order valence-electron chi connectivity index (χ1n) is 13.6. The smallest absolute Gasteiger partial charge is 0.169 e. The fourth-order valence-electron chi connectivity index (χ4n) is 5.16. The predicted molar refractivity (Wildman–Crippen MR) is 160 cm³/mol. The van der Waals surface area contributed by atoms with Gasteiger partial charge in [0.15, 0.2) is 16.6 Å². The van der Waals surface area contributed by atoms with Gasteiger partial charge in [0.25, 0.3) is 0 Å². The van der Waals surface area contributed by atoms with Crippen LogP contribution in [0.15, 0.2) is 42.7 Å². The minimum atomic E-state index is 0.639. The number of piperazine rings is 1. The number of hydrogen-bond acceptors (Lipinski definition) is 7. The lowest BCUT2D eigenvalue weighted by Crippen LogP contribution is -2.51. The first-order valence-corrected chi connectivity index (χ1v) is 14.0. The van der Waals surface area contributed by atoms with Gasteiger partial charge in [-0.25, -0.2) is 9.97 Å². The quantitative estimate of drug-likeness (QED) is 0.347. The van der Waals surface area contributed by atoms with Crippen molar-refractivity contribution in [3.8, 4) is 11.5 Å². The van der Waals surface area contributed by atoms with Gasteiger partial charge in [0, 0.05) is 50.7 Å². The Balaban J connectivity index is 1.20. The van der Waals surface area contributed by atoms with Gasteiger partial charge in [-0.05, 0) is 49.8 Å². The molecule has 3 heterocycles. The van der Waals surface area contributed by atoms with Crippen LogP contribution in [-0.2, 0) is 6.54 Å². The fourth-order valence-corrected chi connectivity index (χ4v) is 5.41. The molecule has 1 aromatic heterocycles. The molecule has 0 aliphatic carbocycles. The molecule has 0 atom stereocenters. The lowest BCUT2D eigenvalue weighted by atomic mass is 9.95. The number of rotatable bonds is 8. The molecule has 2 aliphatic heterocycles. The minimum absolute atomic E-state index is 0.639. The van der Waals surface area contributed by atoms with Gasteiger partial charge in [0.1, 0.15) is 26.6 Å². The number of ether oxygens (including phenoxy) is 2. The summed E-state index contributed by atoms with van der Waals surface area (Å²) in [6.45, 7) is 7.95. The molecular weight excluding hydrogens is 495 g/mol. The lowest BCUT2D eigenvalue weighted by Gasteiger charge is -2.37. The molecule has 0 saturated carbocycles. The van der Waals surface area contributed by atoms with Crippen molar-refractivity contribution in [1.82, 2.24) is 25.1 Å². The van der Waals surface area contributed by atoms with Crippen molar-refractivity contribution in [2.75, 3.05) is 64.4 Å². The molecule has 0 amide bonds. The van der Waals surface area contributed by atoms with Crippen molar-refractivity contribution in [1.29, 1.82) is 0 Å². The van der Waals surface area contributed by atoms with E-state index in [1.165, 1.54) is 30.3 Å². The number of hydrogen-bond donors (Lipinski definition) is 1. The summed E-state index contributed by atoms with van der Waals surface area (Å²) in [5.74, 6) is 2.37. The second-order valence-corrected chi connectivity index (χ2v) is 10.5. The Hall–Kier alpha value is -3.11. The Morgan fingerprint density at radius 3 is 2.47 bits per heavy atom. The summed E-state index contributed by atoms with van der Waals surface area (Å²) in [6, 6.07) is 12.5. The first kappa shape index (κ1) is 26.5. The molecule has 8 nitrogen and oxygen atoms in total. The normalized spacial score (nSPS) is 16.4. The van der Waals surface area contributed by atoms with Crippen LogP contribution < -0.4 is 25.2 Å². The lowest BCUT2D eigenvalue weighted by molar-refractivity contribution is 0.181. The number of anilines is 1. The number of piperidine rings is 1. The molecule has 2 aliphatic rings.